The second-order valence-corrected chi connectivity index (χ2v) is 5.23. The smallest absolute Gasteiger partial charge is 0.275 e. The maximum atomic E-state index is 13.5. The van der Waals surface area contributed by atoms with Gasteiger partial charge >= 0.3 is 0 Å². The molecule has 3 rings (SSSR count). The first-order valence-electron chi connectivity index (χ1n) is 5.93. The molecule has 0 unspecified atom stereocenters. The molecular weight excluding hydrogens is 344 g/mol. The molecule has 0 bridgehead atoms. The van der Waals surface area contributed by atoms with E-state index in [0.717, 1.165) is 22.7 Å². The molecule has 7 heteroatoms. The van der Waals surface area contributed by atoms with Crippen LogP contribution < -0.4 is 5.32 Å². The fourth-order valence-electron chi connectivity index (χ4n) is 1.85. The second kappa shape index (κ2) is 5.25. The van der Waals surface area contributed by atoms with Crippen molar-refractivity contribution in [3.05, 3.63) is 64.5 Å². The van der Waals surface area contributed by atoms with E-state index in [-0.39, 0.29) is 11.4 Å². The van der Waals surface area contributed by atoms with Crippen LogP contribution in [0.4, 0.5) is 14.5 Å². The average molecular weight is 352 g/mol. The molecule has 0 atom stereocenters. The average Bonchev–Trinajstić information content (AvgIpc) is 2.86. The van der Waals surface area contributed by atoms with Crippen molar-refractivity contribution in [2.45, 2.75) is 0 Å². The number of pyridine rings is 1. The van der Waals surface area contributed by atoms with Crippen LogP contribution in [0.2, 0.25) is 0 Å². The van der Waals surface area contributed by atoms with Crippen LogP contribution in [0, 0.1) is 11.6 Å². The van der Waals surface area contributed by atoms with Crippen LogP contribution in [0.1, 0.15) is 10.5 Å². The van der Waals surface area contributed by atoms with E-state index in [1.807, 2.05) is 0 Å². The Bertz CT molecular complexity index is 847. The quantitative estimate of drug-likeness (QED) is 0.766. The molecule has 0 aliphatic heterocycles. The molecule has 2 aromatic heterocycles. The van der Waals surface area contributed by atoms with E-state index in [2.05, 4.69) is 26.2 Å². The van der Waals surface area contributed by atoms with Gasteiger partial charge in [0.2, 0.25) is 0 Å². The van der Waals surface area contributed by atoms with Gasteiger partial charge < -0.3 is 9.72 Å². The lowest BCUT2D eigenvalue weighted by atomic mass is 10.3. The summed E-state index contributed by atoms with van der Waals surface area (Å²) in [6.45, 7) is 0. The standard InChI is InChI=1S/C14H8BrF2N3O/c15-8-1-4-13-18-12(7-20(13)6-8)14(21)19-11-5-9(16)2-3-10(11)17/h1-7H,(H,19,21). The monoisotopic (exact) mass is 351 g/mol. The lowest BCUT2D eigenvalue weighted by Crippen LogP contribution is -2.13. The lowest BCUT2D eigenvalue weighted by Gasteiger charge is -2.04. The van der Waals surface area contributed by atoms with E-state index in [4.69, 9.17) is 0 Å². The van der Waals surface area contributed by atoms with Crippen LogP contribution in [0.5, 0.6) is 0 Å². The summed E-state index contributed by atoms with van der Waals surface area (Å²) in [5.41, 5.74) is 0.457. The number of rotatable bonds is 2. The van der Waals surface area contributed by atoms with Gasteiger partial charge in [0.15, 0.2) is 0 Å². The topological polar surface area (TPSA) is 46.4 Å². The van der Waals surface area contributed by atoms with Crippen LogP contribution in [0.3, 0.4) is 0 Å². The molecule has 2 heterocycles. The molecule has 106 valence electrons. The number of carbonyl (C=O) groups excluding carboxylic acids is 1. The number of imidazole rings is 1. The highest BCUT2D eigenvalue weighted by molar-refractivity contribution is 9.10. The Balaban J connectivity index is 1.91. The van der Waals surface area contributed by atoms with Crippen LogP contribution in [-0.4, -0.2) is 15.3 Å². The summed E-state index contributed by atoms with van der Waals surface area (Å²) in [5.74, 6) is -1.96. The molecule has 0 radical (unpaired) electrons. The number of aromatic nitrogens is 2. The molecule has 0 aliphatic rings. The molecule has 1 aromatic carbocycles. The number of nitrogens with zero attached hydrogens (tertiary/aromatic N) is 2. The zero-order valence-electron chi connectivity index (χ0n) is 10.5. The molecule has 0 aliphatic carbocycles. The fraction of sp³-hybridized carbons (Fsp3) is 0. The number of anilines is 1. The largest absolute Gasteiger partial charge is 0.318 e. The molecule has 0 fully saturated rings. The SMILES string of the molecule is O=C(Nc1cc(F)ccc1F)c1cn2cc(Br)ccc2n1. The molecule has 0 spiro atoms. The Morgan fingerprint density at radius 2 is 2.00 bits per heavy atom. The molecule has 0 saturated carbocycles. The Kier molecular flexibility index (Phi) is 3.42. The number of fused-ring (bicyclic) bond motifs is 1. The minimum atomic E-state index is -0.712. The summed E-state index contributed by atoms with van der Waals surface area (Å²) in [6, 6.07) is 6.36. The number of nitrogens with one attached hydrogen (secondary N) is 1. The number of benzene rings is 1. The van der Waals surface area contributed by atoms with Crippen LogP contribution in [0.25, 0.3) is 5.65 Å². The third kappa shape index (κ3) is 2.78. The van der Waals surface area contributed by atoms with Crippen molar-refractivity contribution in [1.82, 2.24) is 9.38 Å². The predicted octanol–water partition coefficient (Wildman–Crippen LogP) is 3.63. The summed E-state index contributed by atoms with van der Waals surface area (Å²) in [4.78, 5) is 16.2. The maximum Gasteiger partial charge on any atom is 0.275 e. The number of hydrogen-bond donors (Lipinski definition) is 1. The van der Waals surface area contributed by atoms with Gasteiger partial charge in [0.05, 0.1) is 5.69 Å². The fourth-order valence-corrected chi connectivity index (χ4v) is 2.21. The highest BCUT2D eigenvalue weighted by Gasteiger charge is 2.13. The minimum Gasteiger partial charge on any atom is -0.318 e. The molecule has 0 saturated heterocycles. The van der Waals surface area contributed by atoms with Gasteiger partial charge in [0, 0.05) is 22.9 Å². The van der Waals surface area contributed by atoms with Gasteiger partial charge in [-0.15, -0.1) is 0 Å². The normalized spacial score (nSPS) is 10.8. The van der Waals surface area contributed by atoms with Gasteiger partial charge in [-0.2, -0.15) is 0 Å². The Morgan fingerprint density at radius 3 is 2.81 bits per heavy atom. The third-order valence-corrected chi connectivity index (χ3v) is 3.29. The third-order valence-electron chi connectivity index (χ3n) is 2.82. The van der Waals surface area contributed by atoms with E-state index < -0.39 is 17.5 Å². The van der Waals surface area contributed by atoms with Crippen LogP contribution in [-0.2, 0) is 0 Å². The van der Waals surface area contributed by atoms with E-state index in [9.17, 15) is 13.6 Å². The first-order chi connectivity index (χ1) is 10.0. The highest BCUT2D eigenvalue weighted by atomic mass is 79.9. The Labute approximate surface area is 126 Å². The summed E-state index contributed by atoms with van der Waals surface area (Å²) < 4.78 is 29.0. The zero-order valence-corrected chi connectivity index (χ0v) is 12.1. The van der Waals surface area contributed by atoms with E-state index in [0.29, 0.717) is 5.65 Å². The first-order valence-corrected chi connectivity index (χ1v) is 6.73. The lowest BCUT2D eigenvalue weighted by molar-refractivity contribution is 0.102. The van der Waals surface area contributed by atoms with Crippen LogP contribution >= 0.6 is 15.9 Å². The summed E-state index contributed by atoms with van der Waals surface area (Å²) in [5, 5.41) is 2.30. The van der Waals surface area contributed by atoms with Gasteiger partial charge in [-0.1, -0.05) is 0 Å². The van der Waals surface area contributed by atoms with E-state index >= 15 is 0 Å². The molecule has 4 nitrogen and oxygen atoms in total. The van der Waals surface area contributed by atoms with Crippen molar-refractivity contribution in [3.8, 4) is 0 Å². The summed E-state index contributed by atoms with van der Waals surface area (Å²) >= 11 is 3.31. The van der Waals surface area contributed by atoms with Gasteiger partial charge in [-0.25, -0.2) is 13.8 Å². The summed E-state index contributed by atoms with van der Waals surface area (Å²) in [6.07, 6.45) is 3.24. The van der Waals surface area contributed by atoms with Crippen molar-refractivity contribution < 1.29 is 13.6 Å². The van der Waals surface area contributed by atoms with Gasteiger partial charge in [0.25, 0.3) is 5.91 Å². The maximum absolute atomic E-state index is 13.5. The minimum absolute atomic E-state index is 0.108. The number of carbonyl (C=O) groups is 1. The van der Waals surface area contributed by atoms with Crippen molar-refractivity contribution in [3.63, 3.8) is 0 Å². The van der Waals surface area contributed by atoms with Crippen molar-refractivity contribution in [2.75, 3.05) is 5.32 Å². The number of halogens is 3. The predicted molar refractivity (Wildman–Crippen MR) is 77.2 cm³/mol. The Hall–Kier alpha value is -2.28. The van der Waals surface area contributed by atoms with E-state index in [1.54, 1.807) is 22.7 Å². The zero-order chi connectivity index (χ0) is 15.0. The van der Waals surface area contributed by atoms with E-state index in [1.165, 1.54) is 6.20 Å². The Morgan fingerprint density at radius 1 is 1.19 bits per heavy atom. The van der Waals surface area contributed by atoms with Crippen LogP contribution in [0.15, 0.2) is 47.2 Å². The number of amides is 1. The highest BCUT2D eigenvalue weighted by Crippen LogP contribution is 2.17. The van der Waals surface area contributed by atoms with Gasteiger partial charge in [0.1, 0.15) is 23.0 Å². The van der Waals surface area contributed by atoms with Crippen molar-refractivity contribution in [2.24, 2.45) is 0 Å². The molecule has 3 aromatic rings. The first kappa shape index (κ1) is 13.7. The molecule has 1 amide bonds. The van der Waals surface area contributed by atoms with Crippen molar-refractivity contribution >= 4 is 33.2 Å². The number of hydrogen-bond acceptors (Lipinski definition) is 2. The second-order valence-electron chi connectivity index (χ2n) is 4.32. The molecule has 1 N–H and O–H groups in total. The summed E-state index contributed by atoms with van der Waals surface area (Å²) in [7, 11) is 0. The molecular formula is C14H8BrF2N3O. The molecule has 21 heavy (non-hydrogen) atoms. The van der Waals surface area contributed by atoms with Gasteiger partial charge in [-0.05, 0) is 40.2 Å². The van der Waals surface area contributed by atoms with Gasteiger partial charge in [-0.3, -0.25) is 4.79 Å². The van der Waals surface area contributed by atoms with Crippen molar-refractivity contribution in [1.29, 1.82) is 0 Å².